The molecular weight excluding hydrogens is 374 g/mol. The second kappa shape index (κ2) is 6.63. The summed E-state index contributed by atoms with van der Waals surface area (Å²) in [5, 5.41) is 31.9. The van der Waals surface area contributed by atoms with Gasteiger partial charge in [0, 0.05) is 34.4 Å². The summed E-state index contributed by atoms with van der Waals surface area (Å²) in [7, 11) is 0. The molecule has 3 aromatic carbocycles. The topological polar surface area (TPSA) is 110 Å². The van der Waals surface area contributed by atoms with Gasteiger partial charge in [0.1, 0.15) is 11.5 Å². The number of carbonyl (C=O) groups is 1. The number of phenolic OH excluding ortho intramolecular Hbond substituents is 2. The number of esters is 1. The zero-order valence-electron chi connectivity index (χ0n) is 15.5. The molecule has 0 radical (unpaired) electrons. The third kappa shape index (κ3) is 2.70. The Morgan fingerprint density at radius 1 is 1.03 bits per heavy atom. The minimum absolute atomic E-state index is 0.0944. The van der Waals surface area contributed by atoms with Crippen LogP contribution in [0.15, 0.2) is 60.7 Å². The molecule has 0 bridgehead atoms. The molecule has 1 aliphatic heterocycles. The lowest BCUT2D eigenvalue weighted by Gasteiger charge is -2.30. The Hall–Kier alpha value is -3.87. The molecule has 1 atom stereocenters. The summed E-state index contributed by atoms with van der Waals surface area (Å²) in [5.74, 6) is -1.06. The Balaban J connectivity index is 2.08. The fraction of sp³-hybridized carbons (Fsp3) is 0.136. The summed E-state index contributed by atoms with van der Waals surface area (Å²) in [5.41, 5.74) is 0.173. The van der Waals surface area contributed by atoms with Crippen LogP contribution in [0.1, 0.15) is 39.5 Å². The van der Waals surface area contributed by atoms with Crippen molar-refractivity contribution < 1.29 is 24.7 Å². The minimum atomic E-state index is -1.58. The quantitative estimate of drug-likeness (QED) is 0.395. The molecule has 0 aromatic heterocycles. The SMILES string of the molecule is CCc1ccc(C2(c3ccc(O)cc3O)OC(=O)c3ccccc32)cc1[N+](=O)[O-]. The molecule has 7 nitrogen and oxygen atoms in total. The molecule has 0 saturated heterocycles. The molecule has 0 spiro atoms. The van der Waals surface area contributed by atoms with Crippen LogP contribution in [0.2, 0.25) is 0 Å². The van der Waals surface area contributed by atoms with E-state index in [0.717, 1.165) is 6.07 Å². The van der Waals surface area contributed by atoms with Gasteiger partial charge in [0.15, 0.2) is 5.60 Å². The molecule has 0 fully saturated rings. The monoisotopic (exact) mass is 391 g/mol. The van der Waals surface area contributed by atoms with Crippen LogP contribution in [0.4, 0.5) is 5.69 Å². The number of hydrogen-bond acceptors (Lipinski definition) is 6. The molecule has 0 aliphatic carbocycles. The summed E-state index contributed by atoms with van der Waals surface area (Å²) in [6.07, 6.45) is 0.463. The molecule has 0 saturated carbocycles. The first kappa shape index (κ1) is 18.5. The molecule has 0 amide bonds. The fourth-order valence-corrected chi connectivity index (χ4v) is 3.86. The van der Waals surface area contributed by atoms with Crippen molar-refractivity contribution in [3.63, 3.8) is 0 Å². The van der Waals surface area contributed by atoms with Gasteiger partial charge in [0.2, 0.25) is 0 Å². The number of nitrogens with zero attached hydrogens (tertiary/aromatic N) is 1. The molecule has 1 heterocycles. The smallest absolute Gasteiger partial charge is 0.340 e. The molecule has 1 aliphatic rings. The van der Waals surface area contributed by atoms with E-state index < -0.39 is 16.5 Å². The lowest BCUT2D eigenvalue weighted by Crippen LogP contribution is -2.29. The summed E-state index contributed by atoms with van der Waals surface area (Å²) in [4.78, 5) is 23.8. The van der Waals surface area contributed by atoms with Crippen molar-refractivity contribution in [2.24, 2.45) is 0 Å². The maximum Gasteiger partial charge on any atom is 0.340 e. The molecule has 4 rings (SSSR count). The number of carbonyl (C=O) groups excluding carboxylic acids is 1. The number of benzene rings is 3. The Kier molecular flexibility index (Phi) is 4.23. The van der Waals surface area contributed by atoms with E-state index in [9.17, 15) is 25.1 Å². The lowest BCUT2D eigenvalue weighted by molar-refractivity contribution is -0.385. The van der Waals surface area contributed by atoms with Crippen molar-refractivity contribution in [3.8, 4) is 11.5 Å². The van der Waals surface area contributed by atoms with Gasteiger partial charge in [-0.3, -0.25) is 10.1 Å². The van der Waals surface area contributed by atoms with Gasteiger partial charge in [-0.05, 0) is 24.6 Å². The average molecular weight is 391 g/mol. The van der Waals surface area contributed by atoms with Gasteiger partial charge in [0.05, 0.1) is 10.5 Å². The number of ether oxygens (including phenoxy) is 1. The van der Waals surface area contributed by atoms with E-state index in [1.807, 2.05) is 6.92 Å². The zero-order valence-corrected chi connectivity index (χ0v) is 15.5. The van der Waals surface area contributed by atoms with Crippen LogP contribution in [-0.2, 0) is 16.8 Å². The molecule has 146 valence electrons. The third-order valence-electron chi connectivity index (χ3n) is 5.20. The minimum Gasteiger partial charge on any atom is -0.508 e. The fourth-order valence-electron chi connectivity index (χ4n) is 3.86. The number of phenols is 2. The van der Waals surface area contributed by atoms with Crippen LogP contribution in [0, 0.1) is 10.1 Å². The van der Waals surface area contributed by atoms with Crippen molar-refractivity contribution >= 4 is 11.7 Å². The van der Waals surface area contributed by atoms with Crippen molar-refractivity contribution in [3.05, 3.63) is 98.6 Å². The highest BCUT2D eigenvalue weighted by Gasteiger charge is 2.50. The van der Waals surface area contributed by atoms with Crippen LogP contribution in [0.5, 0.6) is 11.5 Å². The number of rotatable bonds is 4. The van der Waals surface area contributed by atoms with Crippen LogP contribution in [0.25, 0.3) is 0 Å². The highest BCUT2D eigenvalue weighted by molar-refractivity contribution is 5.96. The van der Waals surface area contributed by atoms with Gasteiger partial charge >= 0.3 is 5.97 Å². The van der Waals surface area contributed by atoms with Gasteiger partial charge < -0.3 is 14.9 Å². The van der Waals surface area contributed by atoms with Crippen molar-refractivity contribution in [1.29, 1.82) is 0 Å². The summed E-state index contributed by atoms with van der Waals surface area (Å²) >= 11 is 0. The number of aromatic hydroxyl groups is 2. The van der Waals surface area contributed by atoms with E-state index in [2.05, 4.69) is 0 Å². The second-order valence-electron chi connectivity index (χ2n) is 6.77. The molecule has 7 heteroatoms. The van der Waals surface area contributed by atoms with Gasteiger partial charge in [-0.15, -0.1) is 0 Å². The van der Waals surface area contributed by atoms with E-state index in [4.69, 9.17) is 4.74 Å². The summed E-state index contributed by atoms with van der Waals surface area (Å²) in [6, 6.07) is 15.3. The Morgan fingerprint density at radius 2 is 1.79 bits per heavy atom. The number of fused-ring (bicyclic) bond motifs is 1. The number of hydrogen-bond donors (Lipinski definition) is 2. The standard InChI is InChI=1S/C22H17NO6/c1-2-13-7-8-14(11-19(13)23(27)28)22(18-10-9-15(24)12-20(18)25)17-6-4-3-5-16(17)21(26)29-22/h3-12,24-25H,2H2,1H3. The highest BCUT2D eigenvalue weighted by atomic mass is 16.6. The number of cyclic esters (lactones) is 1. The second-order valence-corrected chi connectivity index (χ2v) is 6.77. The van der Waals surface area contributed by atoms with Gasteiger partial charge in [0.25, 0.3) is 5.69 Å². The first-order chi connectivity index (χ1) is 13.9. The third-order valence-corrected chi connectivity index (χ3v) is 5.20. The maximum absolute atomic E-state index is 12.7. The number of nitro benzene ring substituents is 1. The van der Waals surface area contributed by atoms with Crippen LogP contribution >= 0.6 is 0 Å². The average Bonchev–Trinajstić information content (AvgIpc) is 3.01. The van der Waals surface area contributed by atoms with Crippen LogP contribution < -0.4 is 0 Å². The van der Waals surface area contributed by atoms with Crippen LogP contribution in [-0.4, -0.2) is 21.1 Å². The van der Waals surface area contributed by atoms with E-state index in [-0.39, 0.29) is 22.7 Å². The summed E-state index contributed by atoms with van der Waals surface area (Å²) < 4.78 is 5.82. The van der Waals surface area contributed by atoms with Crippen molar-refractivity contribution in [2.75, 3.05) is 0 Å². The molecule has 29 heavy (non-hydrogen) atoms. The molecule has 1 unspecified atom stereocenters. The lowest BCUT2D eigenvalue weighted by atomic mass is 9.79. The highest BCUT2D eigenvalue weighted by Crippen LogP contribution is 2.50. The van der Waals surface area contributed by atoms with E-state index in [1.54, 1.807) is 36.4 Å². The predicted molar refractivity (Wildman–Crippen MR) is 104 cm³/mol. The van der Waals surface area contributed by atoms with Crippen LogP contribution in [0.3, 0.4) is 0 Å². The van der Waals surface area contributed by atoms with Gasteiger partial charge in [-0.2, -0.15) is 0 Å². The predicted octanol–water partition coefficient (Wildman–Crippen LogP) is 4.03. The first-order valence-electron chi connectivity index (χ1n) is 9.01. The first-order valence-corrected chi connectivity index (χ1v) is 9.01. The molecule has 3 aromatic rings. The molecular formula is C22H17NO6. The largest absolute Gasteiger partial charge is 0.508 e. The van der Waals surface area contributed by atoms with E-state index in [1.165, 1.54) is 18.2 Å². The van der Waals surface area contributed by atoms with Crippen molar-refractivity contribution in [2.45, 2.75) is 18.9 Å². The Morgan fingerprint density at radius 3 is 2.48 bits per heavy atom. The van der Waals surface area contributed by atoms with Gasteiger partial charge in [-0.25, -0.2) is 4.79 Å². The normalized spacial score (nSPS) is 17.6. The van der Waals surface area contributed by atoms with E-state index >= 15 is 0 Å². The number of nitro groups is 1. The van der Waals surface area contributed by atoms with Gasteiger partial charge in [-0.1, -0.05) is 37.3 Å². The zero-order chi connectivity index (χ0) is 20.8. The van der Waals surface area contributed by atoms with E-state index in [0.29, 0.717) is 28.7 Å². The Bertz CT molecular complexity index is 1160. The number of aryl methyl sites for hydroxylation is 1. The summed E-state index contributed by atoms with van der Waals surface area (Å²) in [6.45, 7) is 1.81. The van der Waals surface area contributed by atoms with Crippen molar-refractivity contribution in [1.82, 2.24) is 0 Å². The maximum atomic E-state index is 12.7. The molecule has 2 N–H and O–H groups in total. The Labute approximate surface area is 166 Å².